The minimum atomic E-state index is -0.494. The monoisotopic (exact) mass is 656 g/mol. The SMILES string of the molecule is CCCCC/C=C\C/C=C\CCCCCCCCC1(CCCCCCCC/C=C\C/C=C\CCCCC)O[C@H]2[C@H](O)CN(C)C[C@H]2O1. The minimum Gasteiger partial charge on any atom is -0.389 e. The van der Waals surface area contributed by atoms with E-state index >= 15 is 0 Å². The molecular formula is C43H77NO3. The van der Waals surface area contributed by atoms with Gasteiger partial charge in [0.15, 0.2) is 5.79 Å². The Morgan fingerprint density at radius 2 is 0.936 bits per heavy atom. The fraction of sp³-hybridized carbons (Fsp3) is 0.814. The number of rotatable bonds is 30. The maximum absolute atomic E-state index is 10.7. The highest BCUT2D eigenvalue weighted by Crippen LogP contribution is 2.40. The van der Waals surface area contributed by atoms with Crippen molar-refractivity contribution in [2.75, 3.05) is 20.1 Å². The lowest BCUT2D eigenvalue weighted by Crippen LogP contribution is -2.52. The summed E-state index contributed by atoms with van der Waals surface area (Å²) in [4.78, 5) is 2.19. The third kappa shape index (κ3) is 20.8. The van der Waals surface area contributed by atoms with Crippen LogP contribution < -0.4 is 0 Å². The van der Waals surface area contributed by atoms with Crippen LogP contribution in [0.25, 0.3) is 0 Å². The van der Waals surface area contributed by atoms with E-state index < -0.39 is 11.9 Å². The van der Waals surface area contributed by atoms with Crippen molar-refractivity contribution in [1.29, 1.82) is 0 Å². The zero-order chi connectivity index (χ0) is 33.7. The van der Waals surface area contributed by atoms with Crippen molar-refractivity contribution in [2.24, 2.45) is 0 Å². The van der Waals surface area contributed by atoms with Gasteiger partial charge in [0.2, 0.25) is 0 Å². The molecule has 2 saturated heterocycles. The van der Waals surface area contributed by atoms with Gasteiger partial charge in [-0.3, -0.25) is 0 Å². The van der Waals surface area contributed by atoms with E-state index in [9.17, 15) is 5.11 Å². The molecule has 3 atom stereocenters. The van der Waals surface area contributed by atoms with Crippen LogP contribution in [0.15, 0.2) is 48.6 Å². The Hall–Kier alpha value is -1.20. The molecule has 0 saturated carbocycles. The number of likely N-dealkylation sites (N-methyl/N-ethyl adjacent to an activating group) is 1. The molecule has 0 amide bonds. The molecule has 0 aromatic rings. The van der Waals surface area contributed by atoms with Crippen LogP contribution >= 0.6 is 0 Å². The average molecular weight is 656 g/mol. The lowest BCUT2D eigenvalue weighted by molar-refractivity contribution is -0.190. The molecule has 0 unspecified atom stereocenters. The molecule has 2 heterocycles. The lowest BCUT2D eigenvalue weighted by atomic mass is 9.98. The Kier molecular flexibility index (Phi) is 25.6. The van der Waals surface area contributed by atoms with Crippen LogP contribution in [0, 0.1) is 0 Å². The zero-order valence-electron chi connectivity index (χ0n) is 31.4. The summed E-state index contributed by atoms with van der Waals surface area (Å²) in [5, 5.41) is 10.7. The Bertz CT molecular complexity index is 785. The third-order valence-electron chi connectivity index (χ3n) is 9.97. The Morgan fingerprint density at radius 1 is 0.532 bits per heavy atom. The molecule has 0 aromatic heterocycles. The summed E-state index contributed by atoms with van der Waals surface area (Å²) in [6.45, 7) is 6.06. The first-order valence-corrected chi connectivity index (χ1v) is 20.4. The van der Waals surface area contributed by atoms with Gasteiger partial charge in [-0.05, 0) is 84.1 Å². The number of allylic oxidation sites excluding steroid dienone is 8. The summed E-state index contributed by atoms with van der Waals surface area (Å²) in [6.07, 6.45) is 50.3. The first-order chi connectivity index (χ1) is 23.1. The molecule has 2 aliphatic heterocycles. The van der Waals surface area contributed by atoms with E-state index in [0.717, 1.165) is 45.1 Å². The summed E-state index contributed by atoms with van der Waals surface area (Å²) in [7, 11) is 2.08. The molecule has 0 spiro atoms. The summed E-state index contributed by atoms with van der Waals surface area (Å²) < 4.78 is 13.3. The molecule has 0 radical (unpaired) electrons. The Labute approximate surface area is 292 Å². The number of ether oxygens (including phenoxy) is 2. The number of piperidine rings is 1. The molecular weight excluding hydrogens is 578 g/mol. The Balaban J connectivity index is 1.57. The maximum Gasteiger partial charge on any atom is 0.169 e. The van der Waals surface area contributed by atoms with E-state index in [2.05, 4.69) is 74.4 Å². The average Bonchev–Trinajstić information content (AvgIpc) is 3.43. The van der Waals surface area contributed by atoms with Crippen molar-refractivity contribution in [3.8, 4) is 0 Å². The van der Waals surface area contributed by atoms with E-state index in [1.807, 2.05) is 0 Å². The second kappa shape index (κ2) is 28.6. The summed E-state index contributed by atoms with van der Waals surface area (Å²) >= 11 is 0. The smallest absolute Gasteiger partial charge is 0.169 e. The van der Waals surface area contributed by atoms with Crippen LogP contribution in [0.4, 0.5) is 0 Å². The molecule has 1 N–H and O–H groups in total. The molecule has 0 bridgehead atoms. The standard InChI is InChI=1S/C43H77NO3/c1-4-6-8-10-12-14-16-18-20-22-24-26-28-30-32-34-36-43(46-41-39-44(3)38-40(45)42(41)47-43)37-35-33-31-29-27-25-23-21-19-17-15-13-11-9-7-5-2/h12-15,18-21,40-42,45H,4-11,16-17,22-39H2,1-3H3/b14-12-,15-13-,20-18-,21-19-/t40-,41-,42+/m1/s1. The maximum atomic E-state index is 10.7. The van der Waals surface area contributed by atoms with Crippen LogP contribution in [0.3, 0.4) is 0 Å². The van der Waals surface area contributed by atoms with Crippen molar-refractivity contribution in [3.05, 3.63) is 48.6 Å². The van der Waals surface area contributed by atoms with Gasteiger partial charge in [-0.25, -0.2) is 0 Å². The van der Waals surface area contributed by atoms with Gasteiger partial charge in [0.25, 0.3) is 0 Å². The van der Waals surface area contributed by atoms with Crippen molar-refractivity contribution < 1.29 is 14.6 Å². The molecule has 4 heteroatoms. The normalized spacial score (nSPS) is 21.7. The highest BCUT2D eigenvalue weighted by molar-refractivity contribution is 4.96. The van der Waals surface area contributed by atoms with Crippen LogP contribution in [0.2, 0.25) is 0 Å². The van der Waals surface area contributed by atoms with Crippen molar-refractivity contribution in [1.82, 2.24) is 4.90 Å². The molecule has 0 aliphatic carbocycles. The van der Waals surface area contributed by atoms with Gasteiger partial charge in [0.05, 0.1) is 6.10 Å². The first kappa shape index (κ1) is 42.0. The predicted molar refractivity (Wildman–Crippen MR) is 204 cm³/mol. The second-order valence-electron chi connectivity index (χ2n) is 14.6. The van der Waals surface area contributed by atoms with Gasteiger partial charge in [-0.2, -0.15) is 0 Å². The highest BCUT2D eigenvalue weighted by atomic mass is 16.8. The van der Waals surface area contributed by atoms with Gasteiger partial charge in [-0.15, -0.1) is 0 Å². The van der Waals surface area contributed by atoms with E-state index in [4.69, 9.17) is 9.47 Å². The van der Waals surface area contributed by atoms with Crippen LogP contribution in [0.5, 0.6) is 0 Å². The van der Waals surface area contributed by atoms with E-state index in [1.165, 1.54) is 128 Å². The van der Waals surface area contributed by atoms with Crippen molar-refractivity contribution >= 4 is 0 Å². The number of aliphatic hydroxyl groups excluding tert-OH is 1. The number of likely N-dealkylation sites (tertiary alicyclic amines) is 1. The summed E-state index contributed by atoms with van der Waals surface area (Å²) in [5.41, 5.74) is 0. The summed E-state index contributed by atoms with van der Waals surface area (Å²) in [5.74, 6) is -0.494. The largest absolute Gasteiger partial charge is 0.389 e. The number of unbranched alkanes of at least 4 members (excludes halogenated alkanes) is 18. The first-order valence-electron chi connectivity index (χ1n) is 20.4. The number of aliphatic hydroxyl groups is 1. The van der Waals surface area contributed by atoms with Crippen LogP contribution in [-0.4, -0.2) is 54.2 Å². The van der Waals surface area contributed by atoms with Gasteiger partial charge in [-0.1, -0.05) is 140 Å². The number of fused-ring (bicyclic) bond motifs is 1. The van der Waals surface area contributed by atoms with Crippen molar-refractivity contribution in [3.63, 3.8) is 0 Å². The van der Waals surface area contributed by atoms with Gasteiger partial charge in [0, 0.05) is 25.9 Å². The topological polar surface area (TPSA) is 41.9 Å². The fourth-order valence-electron chi connectivity index (χ4n) is 7.09. The number of hydrogen-bond donors (Lipinski definition) is 1. The fourth-order valence-corrected chi connectivity index (χ4v) is 7.09. The molecule has 2 aliphatic rings. The molecule has 0 aromatic carbocycles. The van der Waals surface area contributed by atoms with Gasteiger partial charge >= 0.3 is 0 Å². The Morgan fingerprint density at radius 3 is 1.38 bits per heavy atom. The van der Waals surface area contributed by atoms with Crippen LogP contribution in [-0.2, 0) is 9.47 Å². The van der Waals surface area contributed by atoms with E-state index in [0.29, 0.717) is 6.54 Å². The predicted octanol–water partition coefficient (Wildman–Crippen LogP) is 12.2. The molecule has 272 valence electrons. The molecule has 47 heavy (non-hydrogen) atoms. The number of hydrogen-bond acceptors (Lipinski definition) is 4. The van der Waals surface area contributed by atoms with Crippen LogP contribution in [0.1, 0.15) is 181 Å². The highest BCUT2D eigenvalue weighted by Gasteiger charge is 2.51. The second-order valence-corrected chi connectivity index (χ2v) is 14.6. The molecule has 4 nitrogen and oxygen atoms in total. The minimum absolute atomic E-state index is 0.00189. The van der Waals surface area contributed by atoms with E-state index in [1.54, 1.807) is 0 Å². The van der Waals surface area contributed by atoms with E-state index in [-0.39, 0.29) is 12.2 Å². The van der Waals surface area contributed by atoms with Crippen molar-refractivity contribution in [2.45, 2.75) is 205 Å². The molecule has 2 rings (SSSR count). The number of nitrogens with zero attached hydrogens (tertiary/aromatic N) is 1. The quantitative estimate of drug-likeness (QED) is 0.0617. The van der Waals surface area contributed by atoms with Gasteiger partial charge in [0.1, 0.15) is 12.2 Å². The molecule has 2 fully saturated rings. The zero-order valence-corrected chi connectivity index (χ0v) is 31.4. The number of β-amino-alcohol motifs (C(OH)–C–C–N with tert-alkyl or cyclic N) is 1. The third-order valence-corrected chi connectivity index (χ3v) is 9.97. The summed E-state index contributed by atoms with van der Waals surface area (Å²) in [6, 6.07) is 0. The lowest BCUT2D eigenvalue weighted by Gasteiger charge is -2.33. The van der Waals surface area contributed by atoms with Gasteiger partial charge < -0.3 is 19.5 Å².